The molecular weight excluding hydrogens is 336 g/mol. The molecule has 5 nitrogen and oxygen atoms in total. The second kappa shape index (κ2) is 6.01. The highest BCUT2D eigenvalue weighted by molar-refractivity contribution is 6.40. The van der Waals surface area contributed by atoms with Crippen LogP contribution in [0.1, 0.15) is 18.2 Å². The minimum Gasteiger partial charge on any atom is -0.478 e. The molecule has 0 atom stereocenters. The van der Waals surface area contributed by atoms with Crippen molar-refractivity contribution in [1.29, 1.82) is 0 Å². The molecule has 0 saturated carbocycles. The number of para-hydroxylation sites is 1. The van der Waals surface area contributed by atoms with Crippen molar-refractivity contribution in [3.05, 3.63) is 52.7 Å². The topological polar surface area (TPSA) is 52.8 Å². The first kappa shape index (κ1) is 15.8. The smallest absolute Gasteiger partial charge is 0.215 e. The van der Waals surface area contributed by atoms with Crippen LogP contribution in [0.2, 0.25) is 5.02 Å². The Kier molecular flexibility index (Phi) is 3.81. The van der Waals surface area contributed by atoms with Crippen LogP contribution in [-0.2, 0) is 0 Å². The molecule has 0 unspecified atom stereocenters. The molecule has 0 fully saturated rings. The Morgan fingerprint density at radius 1 is 1.08 bits per heavy atom. The molecule has 25 heavy (non-hydrogen) atoms. The van der Waals surface area contributed by atoms with Gasteiger partial charge in [-0.15, -0.1) is 0 Å². The van der Waals surface area contributed by atoms with Crippen LogP contribution in [0.4, 0.5) is 0 Å². The maximum absolute atomic E-state index is 6.70. The molecular formula is C19H17ClN4O. The standard InChI is InChI=1S/C19H17ClN4O/c1-4-25-15-10-6-9-14(21-15)24-19-16(12(3)23-24)17(20)13-8-5-7-11(2)18(13)22-19/h5-10H,4H2,1-3H3. The summed E-state index contributed by atoms with van der Waals surface area (Å²) >= 11 is 6.70. The largest absolute Gasteiger partial charge is 0.478 e. The molecule has 0 saturated heterocycles. The van der Waals surface area contributed by atoms with Gasteiger partial charge in [-0.25, -0.2) is 4.98 Å². The molecule has 0 radical (unpaired) electrons. The van der Waals surface area contributed by atoms with E-state index in [2.05, 4.69) is 10.1 Å². The average Bonchev–Trinajstić information content (AvgIpc) is 2.94. The highest BCUT2D eigenvalue weighted by Gasteiger charge is 2.18. The van der Waals surface area contributed by atoms with E-state index in [1.54, 1.807) is 4.68 Å². The summed E-state index contributed by atoms with van der Waals surface area (Å²) < 4.78 is 7.23. The van der Waals surface area contributed by atoms with Crippen molar-refractivity contribution in [2.45, 2.75) is 20.8 Å². The van der Waals surface area contributed by atoms with E-state index in [0.717, 1.165) is 27.5 Å². The fourth-order valence-corrected chi connectivity index (χ4v) is 3.38. The van der Waals surface area contributed by atoms with Crippen LogP contribution in [0.25, 0.3) is 27.8 Å². The van der Waals surface area contributed by atoms with E-state index in [1.807, 2.05) is 57.2 Å². The summed E-state index contributed by atoms with van der Waals surface area (Å²) in [7, 11) is 0. The number of fused-ring (bicyclic) bond motifs is 2. The molecule has 4 aromatic rings. The van der Waals surface area contributed by atoms with Crippen LogP contribution in [0, 0.1) is 13.8 Å². The van der Waals surface area contributed by atoms with Crippen molar-refractivity contribution in [2.75, 3.05) is 6.61 Å². The number of rotatable bonds is 3. The van der Waals surface area contributed by atoms with Crippen LogP contribution < -0.4 is 4.74 Å². The summed E-state index contributed by atoms with van der Waals surface area (Å²) in [5.74, 6) is 1.21. The van der Waals surface area contributed by atoms with Gasteiger partial charge in [0.1, 0.15) is 0 Å². The predicted molar refractivity (Wildman–Crippen MR) is 99.8 cm³/mol. The molecule has 0 amide bonds. The lowest BCUT2D eigenvalue weighted by Gasteiger charge is -2.08. The van der Waals surface area contributed by atoms with Crippen molar-refractivity contribution < 1.29 is 4.74 Å². The lowest BCUT2D eigenvalue weighted by molar-refractivity contribution is 0.326. The third kappa shape index (κ3) is 2.51. The average molecular weight is 353 g/mol. The summed E-state index contributed by atoms with van der Waals surface area (Å²) in [6.45, 7) is 6.45. The van der Waals surface area contributed by atoms with E-state index in [-0.39, 0.29) is 0 Å². The van der Waals surface area contributed by atoms with E-state index in [1.165, 1.54) is 0 Å². The fraction of sp³-hybridized carbons (Fsp3) is 0.211. The van der Waals surface area contributed by atoms with E-state index in [0.29, 0.717) is 29.0 Å². The van der Waals surface area contributed by atoms with Gasteiger partial charge in [0.2, 0.25) is 5.88 Å². The van der Waals surface area contributed by atoms with Gasteiger partial charge in [0, 0.05) is 11.5 Å². The number of hydrogen-bond donors (Lipinski definition) is 0. The molecule has 0 spiro atoms. The molecule has 126 valence electrons. The predicted octanol–water partition coefficient (Wildman–Crippen LogP) is 4.64. The zero-order valence-electron chi connectivity index (χ0n) is 14.2. The highest BCUT2D eigenvalue weighted by Crippen LogP contribution is 2.34. The van der Waals surface area contributed by atoms with Gasteiger partial charge < -0.3 is 4.74 Å². The van der Waals surface area contributed by atoms with Crippen LogP contribution in [0.5, 0.6) is 5.88 Å². The van der Waals surface area contributed by atoms with E-state index < -0.39 is 0 Å². The van der Waals surface area contributed by atoms with Crippen molar-refractivity contribution in [2.24, 2.45) is 0 Å². The Morgan fingerprint density at radius 3 is 2.68 bits per heavy atom. The van der Waals surface area contributed by atoms with Gasteiger partial charge >= 0.3 is 0 Å². The van der Waals surface area contributed by atoms with Crippen molar-refractivity contribution in [3.63, 3.8) is 0 Å². The molecule has 0 bridgehead atoms. The summed E-state index contributed by atoms with van der Waals surface area (Å²) in [6.07, 6.45) is 0. The summed E-state index contributed by atoms with van der Waals surface area (Å²) in [6, 6.07) is 11.6. The fourth-order valence-electron chi connectivity index (χ4n) is 3.01. The number of halogens is 1. The summed E-state index contributed by atoms with van der Waals surface area (Å²) in [5, 5.41) is 7.09. The highest BCUT2D eigenvalue weighted by atomic mass is 35.5. The number of benzene rings is 1. The van der Waals surface area contributed by atoms with Gasteiger partial charge in [-0.3, -0.25) is 0 Å². The lowest BCUT2D eigenvalue weighted by atomic mass is 10.1. The number of ether oxygens (including phenoxy) is 1. The Morgan fingerprint density at radius 2 is 1.88 bits per heavy atom. The zero-order chi connectivity index (χ0) is 17.6. The first-order valence-corrected chi connectivity index (χ1v) is 8.52. The van der Waals surface area contributed by atoms with Crippen LogP contribution >= 0.6 is 11.6 Å². The van der Waals surface area contributed by atoms with Crippen LogP contribution in [0.15, 0.2) is 36.4 Å². The van der Waals surface area contributed by atoms with E-state index in [9.17, 15) is 0 Å². The molecule has 1 aromatic carbocycles. The second-order valence-electron chi connectivity index (χ2n) is 5.86. The van der Waals surface area contributed by atoms with E-state index >= 15 is 0 Å². The summed E-state index contributed by atoms with van der Waals surface area (Å²) in [5.41, 5.74) is 3.47. The van der Waals surface area contributed by atoms with Gasteiger partial charge in [0.25, 0.3) is 0 Å². The monoisotopic (exact) mass is 352 g/mol. The number of hydrogen-bond acceptors (Lipinski definition) is 4. The minimum absolute atomic E-state index is 0.559. The number of aryl methyl sites for hydroxylation is 2. The van der Waals surface area contributed by atoms with Gasteiger partial charge in [0.05, 0.1) is 28.2 Å². The SMILES string of the molecule is CCOc1cccc(-n2nc(C)c3c(Cl)c4cccc(C)c4nc32)n1. The minimum atomic E-state index is 0.559. The molecule has 0 aliphatic rings. The molecule has 0 aliphatic heterocycles. The quantitative estimate of drug-likeness (QED) is 0.539. The Labute approximate surface area is 150 Å². The molecule has 4 rings (SSSR count). The first-order valence-electron chi connectivity index (χ1n) is 8.14. The van der Waals surface area contributed by atoms with Crippen molar-refractivity contribution in [3.8, 4) is 11.7 Å². The number of nitrogens with zero attached hydrogens (tertiary/aromatic N) is 4. The molecule has 0 aliphatic carbocycles. The Hall–Kier alpha value is -2.66. The van der Waals surface area contributed by atoms with E-state index in [4.69, 9.17) is 21.3 Å². The lowest BCUT2D eigenvalue weighted by Crippen LogP contribution is -2.03. The van der Waals surface area contributed by atoms with Gasteiger partial charge in [-0.05, 0) is 32.4 Å². The van der Waals surface area contributed by atoms with Gasteiger partial charge in [-0.1, -0.05) is 35.9 Å². The number of pyridine rings is 2. The molecule has 3 aromatic heterocycles. The van der Waals surface area contributed by atoms with Crippen LogP contribution in [-0.4, -0.2) is 26.4 Å². The Balaban J connectivity index is 2.04. The van der Waals surface area contributed by atoms with Crippen LogP contribution in [0.3, 0.4) is 0 Å². The maximum atomic E-state index is 6.70. The second-order valence-corrected chi connectivity index (χ2v) is 6.24. The summed E-state index contributed by atoms with van der Waals surface area (Å²) in [4.78, 5) is 9.37. The zero-order valence-corrected chi connectivity index (χ0v) is 15.0. The van der Waals surface area contributed by atoms with Crippen molar-refractivity contribution in [1.82, 2.24) is 19.7 Å². The van der Waals surface area contributed by atoms with Crippen molar-refractivity contribution >= 4 is 33.5 Å². The van der Waals surface area contributed by atoms with Gasteiger partial charge in [0.15, 0.2) is 11.5 Å². The molecule has 3 heterocycles. The molecule has 0 N–H and O–H groups in total. The first-order chi connectivity index (χ1) is 12.1. The third-order valence-electron chi connectivity index (χ3n) is 4.17. The molecule has 6 heteroatoms. The van der Waals surface area contributed by atoms with Gasteiger partial charge in [-0.2, -0.15) is 14.8 Å². The maximum Gasteiger partial charge on any atom is 0.215 e. The normalized spacial score (nSPS) is 11.4. The number of aromatic nitrogens is 4. The Bertz CT molecular complexity index is 1100. The third-order valence-corrected chi connectivity index (χ3v) is 4.56.